The lowest BCUT2D eigenvalue weighted by Gasteiger charge is -2.21. The molecule has 0 saturated carbocycles. The van der Waals surface area contributed by atoms with Gasteiger partial charge in [0.1, 0.15) is 0 Å². The Morgan fingerprint density at radius 1 is 1.36 bits per heavy atom. The molecule has 1 amide bonds. The van der Waals surface area contributed by atoms with Gasteiger partial charge in [0, 0.05) is 18.7 Å². The maximum Gasteiger partial charge on any atom is 0.293 e. The molecule has 0 radical (unpaired) electrons. The van der Waals surface area contributed by atoms with Crippen molar-refractivity contribution in [3.63, 3.8) is 0 Å². The Labute approximate surface area is 129 Å². The molecule has 1 aliphatic heterocycles. The lowest BCUT2D eigenvalue weighted by molar-refractivity contribution is 0.0672. The molecule has 2 aromatic rings. The number of aryl methyl sites for hydroxylation is 1. The third-order valence-electron chi connectivity index (χ3n) is 4.11. The van der Waals surface area contributed by atoms with Gasteiger partial charge in [0.05, 0.1) is 17.4 Å². The highest BCUT2D eigenvalue weighted by atomic mass is 16.5. The lowest BCUT2D eigenvalue weighted by atomic mass is 10.1. The van der Waals surface area contributed by atoms with Gasteiger partial charge in [-0.1, -0.05) is 31.1 Å². The van der Waals surface area contributed by atoms with Crippen LogP contribution in [0.1, 0.15) is 73.3 Å². The first kappa shape index (κ1) is 14.8. The van der Waals surface area contributed by atoms with E-state index < -0.39 is 0 Å². The van der Waals surface area contributed by atoms with Crippen molar-refractivity contribution in [3.05, 3.63) is 35.0 Å². The van der Waals surface area contributed by atoms with Gasteiger partial charge in [-0.3, -0.25) is 4.79 Å². The predicted molar refractivity (Wildman–Crippen MR) is 79.5 cm³/mol. The number of likely N-dealkylation sites (tertiary alicyclic amines) is 1. The van der Waals surface area contributed by atoms with Gasteiger partial charge in [-0.05, 0) is 25.2 Å². The topological polar surface area (TPSA) is 72.4 Å². The van der Waals surface area contributed by atoms with Crippen molar-refractivity contribution in [2.45, 2.75) is 52.0 Å². The summed E-state index contributed by atoms with van der Waals surface area (Å²) in [6.45, 7) is 6.77. The number of nitrogens with zero attached hydrogens (tertiary/aromatic N) is 3. The van der Waals surface area contributed by atoms with Gasteiger partial charge in [0.25, 0.3) is 5.91 Å². The fourth-order valence-corrected chi connectivity index (χ4v) is 2.76. The average molecular weight is 303 g/mol. The van der Waals surface area contributed by atoms with Crippen molar-refractivity contribution in [2.24, 2.45) is 0 Å². The van der Waals surface area contributed by atoms with Gasteiger partial charge in [0.2, 0.25) is 5.76 Å². The van der Waals surface area contributed by atoms with Crippen molar-refractivity contribution < 1.29 is 13.8 Å². The number of carbonyl (C=O) groups is 1. The number of carbonyl (C=O) groups excluding carboxylic acids is 1. The zero-order valence-corrected chi connectivity index (χ0v) is 13.2. The van der Waals surface area contributed by atoms with Crippen LogP contribution in [0.3, 0.4) is 0 Å². The summed E-state index contributed by atoms with van der Waals surface area (Å²) in [5.41, 5.74) is 1.71. The van der Waals surface area contributed by atoms with Crippen molar-refractivity contribution in [2.75, 3.05) is 6.54 Å². The Bertz CT molecular complexity index is 659. The summed E-state index contributed by atoms with van der Waals surface area (Å²) in [6.07, 6.45) is 2.66. The summed E-state index contributed by atoms with van der Waals surface area (Å²) in [6, 6.07) is 3.61. The quantitative estimate of drug-likeness (QED) is 0.866. The minimum absolute atomic E-state index is 0.0621. The minimum atomic E-state index is -0.128. The van der Waals surface area contributed by atoms with Crippen molar-refractivity contribution in [3.8, 4) is 0 Å². The van der Waals surface area contributed by atoms with Crippen molar-refractivity contribution in [1.82, 2.24) is 15.2 Å². The molecule has 6 heteroatoms. The third-order valence-corrected chi connectivity index (χ3v) is 4.11. The van der Waals surface area contributed by atoms with E-state index in [1.807, 2.05) is 26.8 Å². The van der Waals surface area contributed by atoms with Crippen LogP contribution in [-0.4, -0.2) is 27.7 Å². The Morgan fingerprint density at radius 3 is 2.82 bits per heavy atom. The van der Waals surface area contributed by atoms with E-state index in [1.165, 1.54) is 0 Å². The molecule has 22 heavy (non-hydrogen) atoms. The Balaban J connectivity index is 1.81. The van der Waals surface area contributed by atoms with Gasteiger partial charge in [-0.15, -0.1) is 0 Å². The molecule has 1 atom stereocenters. The molecule has 1 saturated heterocycles. The van der Waals surface area contributed by atoms with Gasteiger partial charge < -0.3 is 13.9 Å². The standard InChI is InChI=1S/C16H21N3O3/c1-4-11-8-14(21-17-11)13-6-5-7-19(13)16(20)15-9-12(10(2)3)18-22-15/h8-10,13H,4-7H2,1-3H3/t13-/m1/s1. The summed E-state index contributed by atoms with van der Waals surface area (Å²) in [5, 5.41) is 7.99. The van der Waals surface area contributed by atoms with E-state index in [-0.39, 0.29) is 17.9 Å². The number of hydrogen-bond acceptors (Lipinski definition) is 5. The maximum atomic E-state index is 12.7. The second-order valence-electron chi connectivity index (χ2n) is 6.00. The van der Waals surface area contributed by atoms with Gasteiger partial charge in [-0.2, -0.15) is 0 Å². The molecular weight excluding hydrogens is 282 g/mol. The number of amides is 1. The fraction of sp³-hybridized carbons (Fsp3) is 0.562. The highest BCUT2D eigenvalue weighted by Crippen LogP contribution is 2.33. The third kappa shape index (κ3) is 2.65. The minimum Gasteiger partial charge on any atom is -0.359 e. The summed E-state index contributed by atoms with van der Waals surface area (Å²) >= 11 is 0. The summed E-state index contributed by atoms with van der Waals surface area (Å²) < 4.78 is 10.6. The molecule has 0 bridgehead atoms. The van der Waals surface area contributed by atoms with Crippen LogP contribution >= 0.6 is 0 Å². The molecule has 0 unspecified atom stereocenters. The zero-order valence-electron chi connectivity index (χ0n) is 13.2. The van der Waals surface area contributed by atoms with E-state index in [2.05, 4.69) is 10.3 Å². The van der Waals surface area contributed by atoms with Crippen LogP contribution in [0.4, 0.5) is 0 Å². The highest BCUT2D eigenvalue weighted by molar-refractivity contribution is 5.92. The molecule has 3 rings (SSSR count). The molecule has 1 fully saturated rings. The lowest BCUT2D eigenvalue weighted by Crippen LogP contribution is -2.30. The highest BCUT2D eigenvalue weighted by Gasteiger charge is 2.35. The van der Waals surface area contributed by atoms with E-state index in [9.17, 15) is 4.79 Å². The van der Waals surface area contributed by atoms with Gasteiger partial charge >= 0.3 is 0 Å². The smallest absolute Gasteiger partial charge is 0.293 e. The second-order valence-corrected chi connectivity index (χ2v) is 6.00. The second kappa shape index (κ2) is 5.94. The Kier molecular flexibility index (Phi) is 4.00. The van der Waals surface area contributed by atoms with Crippen LogP contribution < -0.4 is 0 Å². The summed E-state index contributed by atoms with van der Waals surface area (Å²) in [5.74, 6) is 1.16. The first-order valence-electron chi connectivity index (χ1n) is 7.83. The van der Waals surface area contributed by atoms with E-state index in [1.54, 1.807) is 11.0 Å². The fourth-order valence-electron chi connectivity index (χ4n) is 2.76. The van der Waals surface area contributed by atoms with Crippen LogP contribution in [0, 0.1) is 0 Å². The first-order valence-corrected chi connectivity index (χ1v) is 7.83. The number of rotatable bonds is 4. The molecule has 0 aromatic carbocycles. The van der Waals surface area contributed by atoms with Crippen LogP contribution in [0.15, 0.2) is 21.2 Å². The molecular formula is C16H21N3O3. The SMILES string of the molecule is CCc1cc([C@H]2CCCN2C(=O)c2cc(C(C)C)no2)on1. The molecule has 1 aliphatic rings. The van der Waals surface area contributed by atoms with E-state index >= 15 is 0 Å². The van der Waals surface area contributed by atoms with E-state index in [0.29, 0.717) is 12.3 Å². The van der Waals surface area contributed by atoms with Crippen LogP contribution in [-0.2, 0) is 6.42 Å². The zero-order chi connectivity index (χ0) is 15.7. The molecule has 0 aliphatic carbocycles. The van der Waals surface area contributed by atoms with Crippen molar-refractivity contribution >= 4 is 5.91 Å². The molecule has 3 heterocycles. The predicted octanol–water partition coefficient (Wildman–Crippen LogP) is 3.33. The molecule has 2 aromatic heterocycles. The number of aromatic nitrogens is 2. The maximum absolute atomic E-state index is 12.7. The van der Waals surface area contributed by atoms with E-state index in [0.717, 1.165) is 36.4 Å². The monoisotopic (exact) mass is 303 g/mol. The van der Waals surface area contributed by atoms with E-state index in [4.69, 9.17) is 9.05 Å². The molecule has 6 nitrogen and oxygen atoms in total. The Hall–Kier alpha value is -2.11. The van der Waals surface area contributed by atoms with Crippen LogP contribution in [0.25, 0.3) is 0 Å². The Morgan fingerprint density at radius 2 is 2.18 bits per heavy atom. The summed E-state index contributed by atoms with van der Waals surface area (Å²) in [4.78, 5) is 14.5. The van der Waals surface area contributed by atoms with Crippen LogP contribution in [0.5, 0.6) is 0 Å². The van der Waals surface area contributed by atoms with Crippen LogP contribution in [0.2, 0.25) is 0 Å². The average Bonchev–Trinajstić information content (AvgIpc) is 3.24. The van der Waals surface area contributed by atoms with Gasteiger partial charge in [-0.25, -0.2) is 0 Å². The number of hydrogen-bond donors (Lipinski definition) is 0. The molecule has 0 N–H and O–H groups in total. The molecule has 118 valence electrons. The molecule has 0 spiro atoms. The summed E-state index contributed by atoms with van der Waals surface area (Å²) in [7, 11) is 0. The first-order chi connectivity index (χ1) is 10.6. The van der Waals surface area contributed by atoms with Crippen molar-refractivity contribution in [1.29, 1.82) is 0 Å². The normalized spacial score (nSPS) is 18.4. The van der Waals surface area contributed by atoms with Gasteiger partial charge in [0.15, 0.2) is 5.76 Å². The largest absolute Gasteiger partial charge is 0.359 e.